The van der Waals surface area contributed by atoms with Gasteiger partial charge in [0.05, 0.1) is 13.5 Å². The van der Waals surface area contributed by atoms with Crippen molar-refractivity contribution in [3.63, 3.8) is 0 Å². The van der Waals surface area contributed by atoms with Gasteiger partial charge >= 0.3 is 5.97 Å². The molecule has 1 unspecified atom stereocenters. The number of hydrogen-bond acceptors (Lipinski definition) is 4. The molecule has 2 aliphatic heterocycles. The van der Waals surface area contributed by atoms with Crippen LogP contribution in [0.2, 0.25) is 0 Å². The number of hydrogen-bond donors (Lipinski definition) is 1. The molecule has 0 aromatic heterocycles. The Morgan fingerprint density at radius 3 is 2.64 bits per heavy atom. The zero-order valence-corrected chi connectivity index (χ0v) is 15.2. The lowest BCUT2D eigenvalue weighted by Crippen LogP contribution is -2.40. The van der Waals surface area contributed by atoms with Gasteiger partial charge in [-0.05, 0) is 63.0 Å². The second-order valence-corrected chi connectivity index (χ2v) is 7.35. The van der Waals surface area contributed by atoms with Crippen molar-refractivity contribution < 1.29 is 14.6 Å². The van der Waals surface area contributed by atoms with Crippen molar-refractivity contribution >= 4 is 5.97 Å². The zero-order chi connectivity index (χ0) is 17.6. The first-order valence-corrected chi connectivity index (χ1v) is 9.49. The maximum atomic E-state index is 11.1. The number of ether oxygens (including phenoxy) is 1. The summed E-state index contributed by atoms with van der Waals surface area (Å²) in [6, 6.07) is 6.61. The van der Waals surface area contributed by atoms with Crippen LogP contribution in [-0.2, 0) is 17.9 Å². The molecule has 2 saturated heterocycles. The molecule has 2 aliphatic rings. The van der Waals surface area contributed by atoms with E-state index in [-0.39, 0.29) is 12.5 Å². The summed E-state index contributed by atoms with van der Waals surface area (Å²) in [5.74, 6) is 0.262. The van der Waals surface area contributed by atoms with Crippen molar-refractivity contribution in [3.05, 3.63) is 29.3 Å². The van der Waals surface area contributed by atoms with E-state index in [0.717, 1.165) is 44.6 Å². The molecule has 0 saturated carbocycles. The Morgan fingerprint density at radius 1 is 1.16 bits per heavy atom. The van der Waals surface area contributed by atoms with Crippen molar-refractivity contribution in [2.75, 3.05) is 26.7 Å². The molecule has 0 aliphatic carbocycles. The van der Waals surface area contributed by atoms with E-state index in [1.54, 1.807) is 7.11 Å². The van der Waals surface area contributed by atoms with Gasteiger partial charge < -0.3 is 9.84 Å². The van der Waals surface area contributed by atoms with Gasteiger partial charge in [-0.2, -0.15) is 0 Å². The molecule has 5 nitrogen and oxygen atoms in total. The van der Waals surface area contributed by atoms with Gasteiger partial charge in [-0.15, -0.1) is 0 Å². The summed E-state index contributed by atoms with van der Waals surface area (Å²) in [4.78, 5) is 16.0. The van der Waals surface area contributed by atoms with Crippen LogP contribution in [0.15, 0.2) is 18.2 Å². The number of aliphatic carboxylic acids is 1. The Hall–Kier alpha value is -1.59. The summed E-state index contributed by atoms with van der Waals surface area (Å²) >= 11 is 0. The van der Waals surface area contributed by atoms with Crippen molar-refractivity contribution in [1.29, 1.82) is 0 Å². The molecule has 1 N–H and O–H groups in total. The zero-order valence-electron chi connectivity index (χ0n) is 15.2. The molecule has 2 fully saturated rings. The summed E-state index contributed by atoms with van der Waals surface area (Å²) in [6.45, 7) is 5.09. The molecule has 0 radical (unpaired) electrons. The first-order chi connectivity index (χ1) is 12.2. The smallest absolute Gasteiger partial charge is 0.304 e. The Morgan fingerprint density at radius 2 is 1.92 bits per heavy atom. The topological polar surface area (TPSA) is 53.0 Å². The van der Waals surface area contributed by atoms with Crippen LogP contribution in [0.5, 0.6) is 5.75 Å². The van der Waals surface area contributed by atoms with Crippen LogP contribution >= 0.6 is 0 Å². The van der Waals surface area contributed by atoms with Gasteiger partial charge in [0.25, 0.3) is 0 Å². The van der Waals surface area contributed by atoms with Crippen LogP contribution in [0.1, 0.15) is 49.7 Å². The highest BCUT2D eigenvalue weighted by atomic mass is 16.5. The molecule has 1 aromatic carbocycles. The van der Waals surface area contributed by atoms with Gasteiger partial charge in [0, 0.05) is 24.7 Å². The van der Waals surface area contributed by atoms with E-state index >= 15 is 0 Å². The molecule has 0 amide bonds. The summed E-state index contributed by atoms with van der Waals surface area (Å²) in [5.41, 5.74) is 2.50. The van der Waals surface area contributed by atoms with Crippen LogP contribution < -0.4 is 4.74 Å². The second kappa shape index (κ2) is 8.68. The van der Waals surface area contributed by atoms with Crippen LogP contribution in [0.3, 0.4) is 0 Å². The average molecular weight is 346 g/mol. The molecule has 138 valence electrons. The van der Waals surface area contributed by atoms with Crippen molar-refractivity contribution in [3.8, 4) is 5.75 Å². The van der Waals surface area contributed by atoms with Gasteiger partial charge in [0.15, 0.2) is 0 Å². The van der Waals surface area contributed by atoms with Crippen LogP contribution in [0.4, 0.5) is 0 Å². The number of methoxy groups -OCH3 is 1. The predicted octanol–water partition coefficient (Wildman–Crippen LogP) is 3.12. The lowest BCUT2D eigenvalue weighted by atomic mass is 9.98. The van der Waals surface area contributed by atoms with Gasteiger partial charge in [0.2, 0.25) is 0 Å². The minimum Gasteiger partial charge on any atom is -0.496 e. The first kappa shape index (κ1) is 18.2. The number of piperidine rings is 1. The van der Waals surface area contributed by atoms with Gasteiger partial charge in [-0.1, -0.05) is 12.5 Å². The van der Waals surface area contributed by atoms with E-state index < -0.39 is 5.97 Å². The van der Waals surface area contributed by atoms with E-state index in [2.05, 4.69) is 28.0 Å². The van der Waals surface area contributed by atoms with Crippen molar-refractivity contribution in [2.24, 2.45) is 0 Å². The maximum Gasteiger partial charge on any atom is 0.304 e. The Labute approximate surface area is 150 Å². The highest BCUT2D eigenvalue weighted by Gasteiger charge is 2.25. The minimum atomic E-state index is -0.693. The van der Waals surface area contributed by atoms with Crippen LogP contribution in [0.25, 0.3) is 0 Å². The highest BCUT2D eigenvalue weighted by molar-refractivity contribution is 5.67. The third-order valence-electron chi connectivity index (χ3n) is 5.48. The number of nitrogens with zero attached hydrogens (tertiary/aromatic N) is 2. The van der Waals surface area contributed by atoms with Gasteiger partial charge in [-0.3, -0.25) is 14.6 Å². The second-order valence-electron chi connectivity index (χ2n) is 7.35. The van der Waals surface area contributed by atoms with Crippen LogP contribution in [-0.4, -0.2) is 53.7 Å². The molecular formula is C20H30N2O3. The molecule has 0 spiro atoms. The summed E-state index contributed by atoms with van der Waals surface area (Å²) < 4.78 is 5.56. The molecule has 3 rings (SSSR count). The van der Waals surface area contributed by atoms with Crippen molar-refractivity contribution in [1.82, 2.24) is 9.80 Å². The molecule has 0 bridgehead atoms. The Kier molecular flexibility index (Phi) is 6.32. The monoisotopic (exact) mass is 346 g/mol. The Balaban J connectivity index is 1.71. The van der Waals surface area contributed by atoms with Gasteiger partial charge in [0.1, 0.15) is 5.75 Å². The number of carbonyl (C=O) groups is 1. The lowest BCUT2D eigenvalue weighted by molar-refractivity contribution is -0.138. The maximum absolute atomic E-state index is 11.1. The lowest BCUT2D eigenvalue weighted by Gasteiger charge is -2.35. The third-order valence-corrected chi connectivity index (χ3v) is 5.48. The molecular weight excluding hydrogens is 316 g/mol. The number of rotatable bonds is 7. The van der Waals surface area contributed by atoms with E-state index in [0.29, 0.717) is 0 Å². The molecule has 25 heavy (non-hydrogen) atoms. The summed E-state index contributed by atoms with van der Waals surface area (Å²) in [5, 5.41) is 9.17. The largest absolute Gasteiger partial charge is 0.496 e. The van der Waals surface area contributed by atoms with E-state index in [1.165, 1.54) is 37.1 Å². The fourth-order valence-corrected chi connectivity index (χ4v) is 4.17. The number of likely N-dealkylation sites (tertiary alicyclic amines) is 2. The molecule has 1 atom stereocenters. The molecule has 2 heterocycles. The summed E-state index contributed by atoms with van der Waals surface area (Å²) in [6.07, 6.45) is 6.10. The van der Waals surface area contributed by atoms with E-state index in [9.17, 15) is 9.90 Å². The molecule has 1 aromatic rings. The fraction of sp³-hybridized carbons (Fsp3) is 0.650. The Bertz CT molecular complexity index is 584. The predicted molar refractivity (Wildman–Crippen MR) is 97.8 cm³/mol. The SMILES string of the molecule is COc1ccc(CN2CCCCC2CC(=O)O)cc1CN1CCCC1. The van der Waals surface area contributed by atoms with Crippen LogP contribution in [0, 0.1) is 0 Å². The first-order valence-electron chi connectivity index (χ1n) is 9.49. The highest BCUT2D eigenvalue weighted by Crippen LogP contribution is 2.26. The van der Waals surface area contributed by atoms with E-state index in [4.69, 9.17) is 4.74 Å². The summed E-state index contributed by atoms with van der Waals surface area (Å²) in [7, 11) is 1.73. The third kappa shape index (κ3) is 4.95. The van der Waals surface area contributed by atoms with Crippen molar-refractivity contribution in [2.45, 2.75) is 57.7 Å². The standard InChI is InChI=1S/C20H30N2O3/c1-25-19-8-7-16(12-17(19)15-21-9-4-5-10-21)14-22-11-3-2-6-18(22)13-20(23)24/h7-8,12,18H,2-6,9-11,13-15H2,1H3,(H,23,24). The fourth-order valence-electron chi connectivity index (χ4n) is 4.17. The van der Waals surface area contributed by atoms with Gasteiger partial charge in [-0.25, -0.2) is 0 Å². The number of benzene rings is 1. The quantitative estimate of drug-likeness (QED) is 0.822. The molecule has 5 heteroatoms. The number of carboxylic acids is 1. The minimum absolute atomic E-state index is 0.162. The normalized spacial score (nSPS) is 22.2. The number of carboxylic acid groups (broad SMARTS) is 1. The van der Waals surface area contributed by atoms with E-state index in [1.807, 2.05) is 0 Å². The average Bonchev–Trinajstić information content (AvgIpc) is 3.09.